The predicted octanol–water partition coefficient (Wildman–Crippen LogP) is 10.5. The number of nitrogens with zero attached hydrogens (tertiary/aromatic N) is 1. The number of hydrogen-bond donors (Lipinski definition) is 1. The molecule has 0 aromatic rings. The standard InChI is InChI=1S/C35H74NO.CH4O4S/c1-4-6-8-10-12-14-16-18-20-22-24-26-28-30-32-36(3,34-35-37)33-31-29-27-25-23-21-19-17-15-13-11-9-7-5-2;1-5-6(2,3)4/h37H,4-35H2,1-3H3;1H3,(H,2,3,4)/q+1;/p-1. The summed E-state index contributed by atoms with van der Waals surface area (Å²) >= 11 is 0. The SMILES string of the molecule is CCCCCCCCCCCCCCCC[N+](C)(CCO)CCCCCCCCCCCCCCCC.COS(=O)(=O)[O-]. The van der Waals surface area contributed by atoms with Crippen LogP contribution in [0.4, 0.5) is 0 Å². The molecule has 0 saturated heterocycles. The Labute approximate surface area is 270 Å². The number of quaternary nitrogens is 1. The third-order valence-corrected chi connectivity index (χ3v) is 9.36. The first kappa shape index (κ1) is 44.9. The maximum Gasteiger partial charge on any atom is 0.217 e. The van der Waals surface area contributed by atoms with Crippen molar-refractivity contribution < 1.29 is 26.7 Å². The summed E-state index contributed by atoms with van der Waals surface area (Å²) in [4.78, 5) is 0. The van der Waals surface area contributed by atoms with Gasteiger partial charge in [-0.3, -0.25) is 4.18 Å². The van der Waals surface area contributed by atoms with Gasteiger partial charge < -0.3 is 14.1 Å². The van der Waals surface area contributed by atoms with Crippen molar-refractivity contribution in [2.24, 2.45) is 0 Å². The van der Waals surface area contributed by atoms with Gasteiger partial charge in [-0.15, -0.1) is 0 Å². The Bertz CT molecular complexity index is 597. The molecule has 0 unspecified atom stereocenters. The fraction of sp³-hybridized carbons (Fsp3) is 1.00. The molecule has 0 aromatic heterocycles. The number of aliphatic hydroxyl groups is 1. The first-order chi connectivity index (χ1) is 20.7. The maximum atomic E-state index is 9.62. The van der Waals surface area contributed by atoms with Crippen LogP contribution in [0.3, 0.4) is 0 Å². The number of aliphatic hydroxyl groups excluding tert-OH is 1. The van der Waals surface area contributed by atoms with Crippen LogP contribution in [-0.2, 0) is 14.6 Å². The molecule has 0 atom stereocenters. The summed E-state index contributed by atoms with van der Waals surface area (Å²) in [6.07, 6.45) is 40.0. The summed E-state index contributed by atoms with van der Waals surface area (Å²) in [5.41, 5.74) is 0. The number of hydrogen-bond acceptors (Lipinski definition) is 5. The first-order valence-corrected chi connectivity index (χ1v) is 20.0. The van der Waals surface area contributed by atoms with Crippen molar-refractivity contribution in [1.29, 1.82) is 0 Å². The molecule has 0 bridgehead atoms. The Morgan fingerprint density at radius 1 is 0.488 bits per heavy atom. The van der Waals surface area contributed by atoms with Crippen molar-refractivity contribution in [3.63, 3.8) is 0 Å². The lowest BCUT2D eigenvalue weighted by Gasteiger charge is -2.34. The third-order valence-electron chi connectivity index (χ3n) is 8.95. The molecule has 0 saturated carbocycles. The molecule has 262 valence electrons. The van der Waals surface area contributed by atoms with Crippen LogP contribution in [0.1, 0.15) is 194 Å². The second-order valence-corrected chi connectivity index (χ2v) is 14.4. The molecule has 6 nitrogen and oxygen atoms in total. The van der Waals surface area contributed by atoms with E-state index in [0.29, 0.717) is 6.61 Å². The fourth-order valence-electron chi connectivity index (χ4n) is 5.95. The molecule has 0 aliphatic heterocycles. The quantitative estimate of drug-likeness (QED) is 0.0335. The second-order valence-electron chi connectivity index (χ2n) is 13.3. The van der Waals surface area contributed by atoms with Gasteiger partial charge in [0.25, 0.3) is 0 Å². The Kier molecular flexibility index (Phi) is 36.2. The molecule has 0 heterocycles. The molecule has 7 heteroatoms. The van der Waals surface area contributed by atoms with Gasteiger partial charge in [-0.05, 0) is 25.7 Å². The van der Waals surface area contributed by atoms with Gasteiger partial charge in [0.2, 0.25) is 10.4 Å². The summed E-state index contributed by atoms with van der Waals surface area (Å²) < 4.78 is 32.1. The van der Waals surface area contributed by atoms with Crippen molar-refractivity contribution in [2.45, 2.75) is 194 Å². The minimum absolute atomic E-state index is 0.341. The number of likely N-dealkylation sites (N-methyl/N-ethyl adjacent to an activating group) is 1. The minimum atomic E-state index is -4.41. The van der Waals surface area contributed by atoms with E-state index in [9.17, 15) is 18.1 Å². The van der Waals surface area contributed by atoms with E-state index in [0.717, 1.165) is 18.1 Å². The third kappa shape index (κ3) is 39.8. The van der Waals surface area contributed by atoms with Gasteiger partial charge in [-0.1, -0.05) is 168 Å². The fourth-order valence-corrected chi connectivity index (χ4v) is 5.95. The van der Waals surface area contributed by atoms with Crippen molar-refractivity contribution >= 4 is 10.4 Å². The van der Waals surface area contributed by atoms with Crippen LogP contribution in [0.5, 0.6) is 0 Å². The van der Waals surface area contributed by atoms with Crippen LogP contribution in [0.15, 0.2) is 0 Å². The van der Waals surface area contributed by atoms with Crippen molar-refractivity contribution in [3.8, 4) is 0 Å². The van der Waals surface area contributed by atoms with Gasteiger partial charge in [0.15, 0.2) is 0 Å². The molecule has 0 fully saturated rings. The van der Waals surface area contributed by atoms with Gasteiger partial charge in [-0.25, -0.2) is 8.42 Å². The zero-order chi connectivity index (χ0) is 32.3. The Morgan fingerprint density at radius 2 is 0.698 bits per heavy atom. The molecule has 0 rings (SSSR count). The first-order valence-electron chi connectivity index (χ1n) is 18.7. The van der Waals surface area contributed by atoms with E-state index in [1.165, 1.54) is 193 Å². The van der Waals surface area contributed by atoms with Crippen molar-refractivity contribution in [2.75, 3.05) is 40.4 Å². The summed E-state index contributed by atoms with van der Waals surface area (Å²) in [6, 6.07) is 0. The number of unbranched alkanes of at least 4 members (excludes halogenated alkanes) is 26. The van der Waals surface area contributed by atoms with Crippen LogP contribution in [0.25, 0.3) is 0 Å². The van der Waals surface area contributed by atoms with E-state index in [4.69, 9.17) is 0 Å². The highest BCUT2D eigenvalue weighted by Crippen LogP contribution is 2.16. The molecule has 0 aliphatic carbocycles. The van der Waals surface area contributed by atoms with Crippen LogP contribution < -0.4 is 0 Å². The van der Waals surface area contributed by atoms with E-state index in [1.807, 2.05) is 0 Å². The van der Waals surface area contributed by atoms with Crippen LogP contribution in [0.2, 0.25) is 0 Å². The average Bonchev–Trinajstić information content (AvgIpc) is 2.97. The summed E-state index contributed by atoms with van der Waals surface area (Å²) in [6.45, 7) is 8.40. The molecule has 0 aliphatic rings. The van der Waals surface area contributed by atoms with E-state index < -0.39 is 10.4 Å². The highest BCUT2D eigenvalue weighted by molar-refractivity contribution is 7.80. The lowest BCUT2D eigenvalue weighted by atomic mass is 10.0. The second kappa shape index (κ2) is 34.7. The largest absolute Gasteiger partial charge is 0.726 e. The normalized spacial score (nSPS) is 12.0. The predicted molar refractivity (Wildman–Crippen MR) is 185 cm³/mol. The van der Waals surface area contributed by atoms with E-state index in [1.54, 1.807) is 0 Å². The van der Waals surface area contributed by atoms with E-state index >= 15 is 0 Å². The molecule has 1 N–H and O–H groups in total. The summed E-state index contributed by atoms with van der Waals surface area (Å²) in [7, 11) is -1.21. The maximum absolute atomic E-state index is 9.62. The Hall–Kier alpha value is -0.210. The van der Waals surface area contributed by atoms with Gasteiger partial charge >= 0.3 is 0 Å². The van der Waals surface area contributed by atoms with Gasteiger partial charge in [0, 0.05) is 0 Å². The highest BCUT2D eigenvalue weighted by Gasteiger charge is 2.19. The highest BCUT2D eigenvalue weighted by atomic mass is 32.3. The molecular weight excluding hydrogens is 558 g/mol. The zero-order valence-corrected chi connectivity index (χ0v) is 30.4. The lowest BCUT2D eigenvalue weighted by Crippen LogP contribution is -2.47. The van der Waals surface area contributed by atoms with Crippen molar-refractivity contribution in [1.82, 2.24) is 0 Å². The zero-order valence-electron chi connectivity index (χ0n) is 29.6. The summed E-state index contributed by atoms with van der Waals surface area (Å²) in [5.74, 6) is 0. The molecule has 0 spiro atoms. The molecule has 0 aromatic carbocycles. The topological polar surface area (TPSA) is 86.7 Å². The number of rotatable bonds is 33. The van der Waals surface area contributed by atoms with E-state index in [2.05, 4.69) is 25.1 Å². The molecular formula is C36H77NO5S. The van der Waals surface area contributed by atoms with Gasteiger partial charge in [0.05, 0.1) is 33.9 Å². The van der Waals surface area contributed by atoms with Crippen molar-refractivity contribution in [3.05, 3.63) is 0 Å². The van der Waals surface area contributed by atoms with Crippen LogP contribution >= 0.6 is 0 Å². The monoisotopic (exact) mass is 636 g/mol. The molecule has 0 radical (unpaired) electrons. The van der Waals surface area contributed by atoms with E-state index in [-0.39, 0.29) is 0 Å². The Balaban J connectivity index is 0. The summed E-state index contributed by atoms with van der Waals surface area (Å²) in [5, 5.41) is 9.62. The molecule has 0 amide bonds. The molecule has 43 heavy (non-hydrogen) atoms. The van der Waals surface area contributed by atoms with Gasteiger partial charge in [0.1, 0.15) is 6.54 Å². The average molecular weight is 636 g/mol. The smallest absolute Gasteiger partial charge is 0.217 e. The van der Waals surface area contributed by atoms with Crippen LogP contribution in [0, 0.1) is 0 Å². The van der Waals surface area contributed by atoms with Crippen LogP contribution in [-0.4, -0.2) is 63.0 Å². The minimum Gasteiger partial charge on any atom is -0.726 e. The van der Waals surface area contributed by atoms with Gasteiger partial charge in [-0.2, -0.15) is 0 Å². The lowest BCUT2D eigenvalue weighted by molar-refractivity contribution is -0.910. The Morgan fingerprint density at radius 3 is 0.884 bits per heavy atom.